The molecule has 3 heterocycles. The van der Waals surface area contributed by atoms with E-state index in [0.29, 0.717) is 18.8 Å². The van der Waals surface area contributed by atoms with Crippen LogP contribution < -0.4 is 10.9 Å². The quantitative estimate of drug-likeness (QED) is 0.748. The predicted octanol–water partition coefficient (Wildman–Crippen LogP) is 2.30. The highest BCUT2D eigenvalue weighted by Gasteiger charge is 2.43. The van der Waals surface area contributed by atoms with Crippen LogP contribution in [0.2, 0.25) is 0 Å². The van der Waals surface area contributed by atoms with Gasteiger partial charge in [0.1, 0.15) is 17.2 Å². The lowest BCUT2D eigenvalue weighted by Crippen LogP contribution is -2.43. The van der Waals surface area contributed by atoms with Crippen LogP contribution in [0.5, 0.6) is 5.75 Å². The Morgan fingerprint density at radius 3 is 2.62 bits per heavy atom. The van der Waals surface area contributed by atoms with Gasteiger partial charge in [-0.3, -0.25) is 9.59 Å². The summed E-state index contributed by atoms with van der Waals surface area (Å²) in [5, 5.41) is 13.0. The average molecular weight is 444 g/mol. The van der Waals surface area contributed by atoms with Gasteiger partial charge < -0.3 is 24.6 Å². The Morgan fingerprint density at radius 1 is 1.28 bits per heavy atom. The number of rotatable bonds is 4. The van der Waals surface area contributed by atoms with Gasteiger partial charge in [0.2, 0.25) is 5.75 Å². The summed E-state index contributed by atoms with van der Waals surface area (Å²) in [5.74, 6) is -1.52. The summed E-state index contributed by atoms with van der Waals surface area (Å²) in [6, 6.07) is 5.59. The molecule has 1 aromatic heterocycles. The molecule has 0 unspecified atom stereocenters. The van der Waals surface area contributed by atoms with E-state index in [0.717, 1.165) is 5.56 Å². The average Bonchev–Trinajstić information content (AvgIpc) is 3.04. The summed E-state index contributed by atoms with van der Waals surface area (Å²) in [6.07, 6.45) is -0.0657. The molecule has 0 saturated heterocycles. The smallest absolute Gasteiger partial charge is 0.407 e. The third-order valence-corrected chi connectivity index (χ3v) is 5.52. The Hall–Kier alpha value is -3.43. The molecule has 9 nitrogen and oxygen atoms in total. The molecule has 10 heteroatoms. The Bertz CT molecular complexity index is 1120. The van der Waals surface area contributed by atoms with E-state index < -0.39 is 28.9 Å². The molecule has 0 aliphatic carbocycles. The summed E-state index contributed by atoms with van der Waals surface area (Å²) >= 11 is 0. The van der Waals surface area contributed by atoms with Crippen LogP contribution >= 0.6 is 0 Å². The minimum Gasteiger partial charge on any atom is -0.501 e. The van der Waals surface area contributed by atoms with Crippen LogP contribution in [0.1, 0.15) is 61.0 Å². The predicted molar refractivity (Wildman–Crippen MR) is 112 cm³/mol. The second-order valence-corrected chi connectivity index (χ2v) is 9.12. The van der Waals surface area contributed by atoms with Crippen LogP contribution in [0.25, 0.3) is 0 Å². The summed E-state index contributed by atoms with van der Waals surface area (Å²) in [5.41, 5.74) is -0.903. The fourth-order valence-electron chi connectivity index (χ4n) is 4.23. The lowest BCUT2D eigenvalue weighted by atomic mass is 10.0. The number of aromatic hydroxyl groups is 1. The molecule has 0 bridgehead atoms. The highest BCUT2D eigenvalue weighted by molar-refractivity contribution is 5.96. The number of hydrogen-bond acceptors (Lipinski definition) is 6. The summed E-state index contributed by atoms with van der Waals surface area (Å²) in [4.78, 5) is 43.0. The van der Waals surface area contributed by atoms with Crippen LogP contribution in [0.15, 0.2) is 29.1 Å². The Balaban J connectivity index is 1.59. The number of amides is 2. The number of nitrogens with one attached hydrogen (secondary N) is 1. The van der Waals surface area contributed by atoms with E-state index in [-0.39, 0.29) is 36.6 Å². The van der Waals surface area contributed by atoms with Gasteiger partial charge in [0.05, 0.1) is 6.04 Å². The zero-order chi connectivity index (χ0) is 23.2. The second kappa shape index (κ2) is 7.92. The van der Waals surface area contributed by atoms with E-state index in [4.69, 9.17) is 4.74 Å². The van der Waals surface area contributed by atoms with Crippen molar-refractivity contribution in [3.05, 3.63) is 57.5 Å². The Morgan fingerprint density at radius 2 is 1.97 bits per heavy atom. The first-order valence-corrected chi connectivity index (χ1v) is 10.4. The maximum atomic E-state index is 13.2. The fourth-order valence-corrected chi connectivity index (χ4v) is 4.23. The standard InChI is InChI=1S/C22H25FN4O5/c1-22(2,3)32-21(31)24-9-13-8-15-11-26(10-12-4-6-14(23)7-5-12)20(30)16-17(28)19(29)25-18(13)27(15)16/h4-7,13,15,28H,8-11H2,1-3H3,(H,24,31)/t13-,15+/m0/s1. The van der Waals surface area contributed by atoms with E-state index in [1.807, 2.05) is 0 Å². The van der Waals surface area contributed by atoms with Gasteiger partial charge >= 0.3 is 11.7 Å². The van der Waals surface area contributed by atoms with Gasteiger partial charge in [-0.1, -0.05) is 12.1 Å². The lowest BCUT2D eigenvalue weighted by molar-refractivity contribution is 0.0524. The van der Waals surface area contributed by atoms with E-state index in [1.54, 1.807) is 37.5 Å². The number of alkyl carbamates (subject to hydrolysis) is 1. The zero-order valence-corrected chi connectivity index (χ0v) is 18.1. The van der Waals surface area contributed by atoms with Crippen LogP contribution in [0.3, 0.4) is 0 Å². The van der Waals surface area contributed by atoms with Gasteiger partial charge in [0.15, 0.2) is 5.69 Å². The van der Waals surface area contributed by atoms with Gasteiger partial charge in [-0.15, -0.1) is 0 Å². The number of halogens is 1. The minimum atomic E-state index is -0.883. The molecule has 2 aliphatic heterocycles. The van der Waals surface area contributed by atoms with Gasteiger partial charge in [-0.05, 0) is 44.9 Å². The SMILES string of the molecule is CC(C)(C)OC(=O)NC[C@@H]1C[C@@H]2CN(Cc3ccc(F)cc3)C(=O)c3c(O)c(=O)nc1n32. The van der Waals surface area contributed by atoms with Crippen molar-refractivity contribution >= 4 is 12.0 Å². The number of carbonyl (C=O) groups is 2. The highest BCUT2D eigenvalue weighted by Crippen LogP contribution is 2.40. The van der Waals surface area contributed by atoms with E-state index >= 15 is 0 Å². The molecule has 0 fully saturated rings. The number of benzene rings is 1. The van der Waals surface area contributed by atoms with Crippen LogP contribution in [0, 0.1) is 5.82 Å². The molecule has 32 heavy (non-hydrogen) atoms. The van der Waals surface area contributed by atoms with Gasteiger partial charge in [-0.2, -0.15) is 4.98 Å². The van der Waals surface area contributed by atoms with Gasteiger partial charge in [-0.25, -0.2) is 9.18 Å². The number of aromatic nitrogens is 2. The highest BCUT2D eigenvalue weighted by atomic mass is 19.1. The number of carbonyl (C=O) groups excluding carboxylic acids is 2. The molecule has 2 aromatic rings. The fraction of sp³-hybridized carbons (Fsp3) is 0.455. The van der Waals surface area contributed by atoms with Crippen molar-refractivity contribution in [3.63, 3.8) is 0 Å². The first kappa shape index (κ1) is 21.8. The van der Waals surface area contributed by atoms with Gasteiger partial charge in [0.25, 0.3) is 5.91 Å². The molecule has 2 amide bonds. The molecule has 4 rings (SSSR count). The molecule has 0 spiro atoms. The van der Waals surface area contributed by atoms with Crippen LogP contribution in [-0.2, 0) is 11.3 Å². The molecule has 2 aliphatic rings. The number of ether oxygens (including phenoxy) is 1. The third-order valence-electron chi connectivity index (χ3n) is 5.52. The lowest BCUT2D eigenvalue weighted by Gasteiger charge is -2.34. The summed E-state index contributed by atoms with van der Waals surface area (Å²) in [7, 11) is 0. The molecule has 0 radical (unpaired) electrons. The number of nitrogens with zero attached hydrogens (tertiary/aromatic N) is 3. The van der Waals surface area contributed by atoms with Crippen LogP contribution in [-0.4, -0.2) is 50.2 Å². The molecule has 1 aromatic carbocycles. The van der Waals surface area contributed by atoms with E-state index in [2.05, 4.69) is 10.3 Å². The monoisotopic (exact) mass is 444 g/mol. The van der Waals surface area contributed by atoms with Crippen LogP contribution in [0.4, 0.5) is 9.18 Å². The molecule has 2 N–H and O–H groups in total. The minimum absolute atomic E-state index is 0.0990. The molecule has 0 saturated carbocycles. The van der Waals surface area contributed by atoms with Crippen molar-refractivity contribution in [2.45, 2.75) is 51.3 Å². The maximum Gasteiger partial charge on any atom is 0.407 e. The summed E-state index contributed by atoms with van der Waals surface area (Å²) < 4.78 is 20.1. The van der Waals surface area contributed by atoms with E-state index in [1.165, 1.54) is 17.0 Å². The topological polar surface area (TPSA) is 114 Å². The zero-order valence-electron chi connectivity index (χ0n) is 18.1. The van der Waals surface area contributed by atoms with Gasteiger partial charge in [0, 0.05) is 25.6 Å². The normalized spacial score (nSPS) is 19.6. The first-order chi connectivity index (χ1) is 15.0. The first-order valence-electron chi connectivity index (χ1n) is 10.4. The summed E-state index contributed by atoms with van der Waals surface area (Å²) in [6.45, 7) is 5.99. The number of hydrogen-bond donors (Lipinski definition) is 2. The third kappa shape index (κ3) is 4.17. The Kier molecular flexibility index (Phi) is 5.39. The van der Waals surface area contributed by atoms with Crippen molar-refractivity contribution in [2.24, 2.45) is 0 Å². The van der Waals surface area contributed by atoms with Crippen molar-refractivity contribution < 1.29 is 23.8 Å². The van der Waals surface area contributed by atoms with Crippen molar-refractivity contribution in [1.29, 1.82) is 0 Å². The Labute approximate surface area is 183 Å². The molecular formula is C22H25FN4O5. The molecule has 2 atom stereocenters. The molecule has 170 valence electrons. The van der Waals surface area contributed by atoms with Crippen molar-refractivity contribution in [1.82, 2.24) is 19.8 Å². The van der Waals surface area contributed by atoms with Crippen molar-refractivity contribution in [2.75, 3.05) is 13.1 Å². The van der Waals surface area contributed by atoms with Crippen molar-refractivity contribution in [3.8, 4) is 5.75 Å². The second-order valence-electron chi connectivity index (χ2n) is 9.12. The maximum absolute atomic E-state index is 13.2. The molecular weight excluding hydrogens is 419 g/mol. The largest absolute Gasteiger partial charge is 0.501 e. The van der Waals surface area contributed by atoms with E-state index in [9.17, 15) is 23.9 Å².